The number of ether oxygens (including phenoxy) is 1. The Morgan fingerprint density at radius 2 is 1.95 bits per heavy atom. The van der Waals surface area contributed by atoms with E-state index in [-0.39, 0.29) is 34.5 Å². The van der Waals surface area contributed by atoms with Crippen LogP contribution in [0.25, 0.3) is 5.69 Å². The number of benzene rings is 1. The third-order valence-corrected chi connectivity index (χ3v) is 8.95. The van der Waals surface area contributed by atoms with Crippen molar-refractivity contribution in [1.29, 1.82) is 0 Å². The highest BCUT2D eigenvalue weighted by molar-refractivity contribution is 5.74. The summed E-state index contributed by atoms with van der Waals surface area (Å²) in [6.45, 7) is 6.97. The molecule has 5 rings (SSSR count). The van der Waals surface area contributed by atoms with E-state index in [2.05, 4.69) is 27.3 Å². The number of anilines is 2. The molecule has 2 fully saturated rings. The zero-order chi connectivity index (χ0) is 31.6. The molecule has 2 unspecified atom stereocenters. The summed E-state index contributed by atoms with van der Waals surface area (Å²) >= 11 is 0. The fourth-order valence-electron chi connectivity index (χ4n) is 6.65. The van der Waals surface area contributed by atoms with E-state index in [1.165, 1.54) is 16.8 Å². The van der Waals surface area contributed by atoms with Gasteiger partial charge in [-0.05, 0) is 68.6 Å². The summed E-state index contributed by atoms with van der Waals surface area (Å²) < 4.78 is 51.2. The molecule has 0 aliphatic carbocycles. The number of alkyl halides is 3. The lowest BCUT2D eigenvalue weighted by Crippen LogP contribution is -2.46. The topological polar surface area (TPSA) is 131 Å². The van der Waals surface area contributed by atoms with E-state index in [4.69, 9.17) is 10.5 Å². The van der Waals surface area contributed by atoms with Gasteiger partial charge in [-0.3, -0.25) is 4.79 Å². The zero-order valence-corrected chi connectivity index (χ0v) is 25.3. The molecule has 0 bridgehead atoms. The van der Waals surface area contributed by atoms with Gasteiger partial charge in [0.15, 0.2) is 0 Å². The van der Waals surface area contributed by atoms with Gasteiger partial charge in [-0.25, -0.2) is 4.68 Å². The van der Waals surface area contributed by atoms with E-state index in [0.29, 0.717) is 43.9 Å². The SMILES string of the molecule is CCCCc1ccc([C@@H](Oc2cc(N3CCC4(CC3)CC(C(=O)O)NC4CC)nc(N)n2)C(F)(F)F)c(-n2ccc(C)n2)c1. The Morgan fingerprint density at radius 3 is 2.57 bits per heavy atom. The predicted octanol–water partition coefficient (Wildman–Crippen LogP) is 5.39. The average molecular weight is 616 g/mol. The normalized spacial score (nSPS) is 20.6. The smallest absolute Gasteiger partial charge is 0.429 e. The minimum Gasteiger partial charge on any atom is -0.480 e. The minimum absolute atomic E-state index is 0.0776. The maximum Gasteiger partial charge on any atom is 0.429 e. The van der Waals surface area contributed by atoms with Crippen molar-refractivity contribution in [3.05, 3.63) is 53.3 Å². The predicted molar refractivity (Wildman–Crippen MR) is 160 cm³/mol. The molecule has 1 aromatic carbocycles. The van der Waals surface area contributed by atoms with Gasteiger partial charge in [-0.2, -0.15) is 28.2 Å². The number of aliphatic carboxylic acids is 1. The standard InChI is InChI=1S/C31H40F3N7O3/c1-4-6-7-20-8-9-21(23(16-20)41-13-10-19(3)39-41)27(31(32,33)34)44-26-17-25(37-29(35)38-26)40-14-11-30(12-15-40)18-22(28(42)43)36-24(30)5-2/h8-10,13,16-17,22,24,27,36H,4-7,11-12,14-15,18H2,1-3H3,(H,42,43)(H2,35,37,38)/t22?,24?,27-/m1/s1. The molecule has 2 aliphatic rings. The highest BCUT2D eigenvalue weighted by Crippen LogP contribution is 2.46. The van der Waals surface area contributed by atoms with E-state index in [9.17, 15) is 23.1 Å². The van der Waals surface area contributed by atoms with Gasteiger partial charge >= 0.3 is 12.1 Å². The number of halogens is 3. The molecule has 4 N–H and O–H groups in total. The largest absolute Gasteiger partial charge is 0.480 e. The third-order valence-electron chi connectivity index (χ3n) is 8.95. The van der Waals surface area contributed by atoms with Gasteiger partial charge in [0.1, 0.15) is 11.9 Å². The third kappa shape index (κ3) is 6.62. The Balaban J connectivity index is 1.41. The average Bonchev–Trinajstić information content (AvgIpc) is 3.58. The second kappa shape index (κ2) is 12.6. The molecule has 2 saturated heterocycles. The molecular formula is C31H40F3N7O3. The van der Waals surface area contributed by atoms with Gasteiger partial charge in [0, 0.05) is 37.0 Å². The van der Waals surface area contributed by atoms with Gasteiger partial charge in [-0.15, -0.1) is 0 Å². The Hall–Kier alpha value is -3.87. The first-order chi connectivity index (χ1) is 20.9. The molecule has 2 aliphatic heterocycles. The number of hydrogen-bond acceptors (Lipinski definition) is 8. The van der Waals surface area contributed by atoms with Crippen LogP contribution in [0.2, 0.25) is 0 Å². The summed E-state index contributed by atoms with van der Waals surface area (Å²) in [6, 6.07) is 7.51. The van der Waals surface area contributed by atoms with Crippen molar-refractivity contribution in [2.75, 3.05) is 23.7 Å². The maximum absolute atomic E-state index is 14.7. The van der Waals surface area contributed by atoms with Gasteiger partial charge in [0.25, 0.3) is 0 Å². The van der Waals surface area contributed by atoms with Gasteiger partial charge < -0.3 is 25.8 Å². The van der Waals surface area contributed by atoms with E-state index in [1.807, 2.05) is 11.8 Å². The van der Waals surface area contributed by atoms with Crippen molar-refractivity contribution in [1.82, 2.24) is 25.1 Å². The van der Waals surface area contributed by atoms with Crippen LogP contribution in [0.15, 0.2) is 36.5 Å². The van der Waals surface area contributed by atoms with Crippen LogP contribution in [0.4, 0.5) is 24.9 Å². The lowest BCUT2D eigenvalue weighted by molar-refractivity contribution is -0.198. The molecule has 13 heteroatoms. The Labute approximate surface area is 254 Å². The first kappa shape index (κ1) is 31.6. The fourth-order valence-corrected chi connectivity index (χ4v) is 6.65. The number of rotatable bonds is 10. The fraction of sp³-hybridized carbons (Fsp3) is 0.548. The highest BCUT2D eigenvalue weighted by Gasteiger charge is 2.50. The number of piperidine rings is 1. The molecule has 238 valence electrons. The van der Waals surface area contributed by atoms with Crippen molar-refractivity contribution >= 4 is 17.7 Å². The highest BCUT2D eigenvalue weighted by atomic mass is 19.4. The Bertz CT molecular complexity index is 1470. The molecule has 4 heterocycles. The van der Waals surface area contributed by atoms with Crippen LogP contribution in [0.1, 0.15) is 75.3 Å². The van der Waals surface area contributed by atoms with Crippen molar-refractivity contribution in [2.24, 2.45) is 5.41 Å². The van der Waals surface area contributed by atoms with Gasteiger partial charge in [-0.1, -0.05) is 32.4 Å². The number of unbranched alkanes of at least 4 members (excludes halogenated alkanes) is 1. The molecule has 0 saturated carbocycles. The Morgan fingerprint density at radius 1 is 1.20 bits per heavy atom. The number of nitrogens with zero attached hydrogens (tertiary/aromatic N) is 5. The summed E-state index contributed by atoms with van der Waals surface area (Å²) in [7, 11) is 0. The van der Waals surface area contributed by atoms with Gasteiger partial charge in [0.05, 0.1) is 11.4 Å². The molecule has 3 aromatic rings. The first-order valence-corrected chi connectivity index (χ1v) is 15.2. The van der Waals surface area contributed by atoms with Gasteiger partial charge in [0.2, 0.25) is 17.9 Å². The number of nitrogens with one attached hydrogen (secondary N) is 1. The number of aryl methyl sites for hydroxylation is 2. The van der Waals surface area contributed by atoms with Crippen LogP contribution in [0.3, 0.4) is 0 Å². The van der Waals surface area contributed by atoms with Crippen LogP contribution in [0, 0.1) is 12.3 Å². The van der Waals surface area contributed by atoms with Crippen LogP contribution < -0.4 is 20.7 Å². The molecule has 2 aromatic heterocycles. The summed E-state index contributed by atoms with van der Waals surface area (Å²) in [5, 5.41) is 17.2. The van der Waals surface area contributed by atoms with Crippen LogP contribution in [-0.4, -0.2) is 62.2 Å². The quantitative estimate of drug-likeness (QED) is 0.275. The van der Waals surface area contributed by atoms with Crippen molar-refractivity contribution in [3.63, 3.8) is 0 Å². The number of aromatic nitrogens is 4. The number of nitrogen functional groups attached to an aromatic ring is 1. The van der Waals surface area contributed by atoms with Crippen LogP contribution in [0.5, 0.6) is 5.88 Å². The minimum atomic E-state index is -4.77. The number of carbonyl (C=O) groups is 1. The molecular weight excluding hydrogens is 575 g/mol. The Kier molecular flexibility index (Phi) is 9.05. The summed E-state index contributed by atoms with van der Waals surface area (Å²) in [5.74, 6) is -0.965. The molecule has 1 spiro atoms. The van der Waals surface area contributed by atoms with Crippen molar-refractivity contribution < 1.29 is 27.8 Å². The molecule has 0 radical (unpaired) electrons. The van der Waals surface area contributed by atoms with Crippen LogP contribution >= 0.6 is 0 Å². The lowest BCUT2D eigenvalue weighted by atomic mass is 9.71. The molecule has 0 amide bonds. The molecule has 10 nitrogen and oxygen atoms in total. The van der Waals surface area contributed by atoms with Crippen molar-refractivity contribution in [3.8, 4) is 11.6 Å². The number of hydrogen-bond donors (Lipinski definition) is 3. The second-order valence-corrected chi connectivity index (χ2v) is 11.9. The van der Waals surface area contributed by atoms with E-state index >= 15 is 0 Å². The number of nitrogens with two attached hydrogens (primary N) is 1. The summed E-state index contributed by atoms with van der Waals surface area (Å²) in [6.07, 6.45) is -0.102. The second-order valence-electron chi connectivity index (χ2n) is 11.9. The van der Waals surface area contributed by atoms with Crippen LogP contribution in [-0.2, 0) is 11.2 Å². The lowest BCUT2D eigenvalue weighted by Gasteiger charge is -2.43. The first-order valence-electron chi connectivity index (χ1n) is 15.2. The van der Waals surface area contributed by atoms with E-state index < -0.39 is 24.3 Å². The zero-order valence-electron chi connectivity index (χ0n) is 25.3. The number of carboxylic acids is 1. The number of carboxylic acid groups (broad SMARTS) is 1. The summed E-state index contributed by atoms with van der Waals surface area (Å²) in [4.78, 5) is 21.9. The van der Waals surface area contributed by atoms with Crippen molar-refractivity contribution in [2.45, 2.75) is 90.1 Å². The maximum atomic E-state index is 14.7. The van der Waals surface area contributed by atoms with E-state index in [1.54, 1.807) is 31.3 Å². The molecule has 44 heavy (non-hydrogen) atoms. The summed E-state index contributed by atoms with van der Waals surface area (Å²) in [5.41, 5.74) is 7.60. The monoisotopic (exact) mass is 615 g/mol. The van der Waals surface area contributed by atoms with E-state index in [0.717, 1.165) is 31.2 Å². The molecule has 3 atom stereocenters.